The Labute approximate surface area is 112 Å². The summed E-state index contributed by atoms with van der Waals surface area (Å²) >= 11 is 1.85. The van der Waals surface area contributed by atoms with Crippen molar-refractivity contribution in [3.8, 4) is 0 Å². The number of nitrogens with zero attached hydrogens (tertiary/aromatic N) is 1. The second-order valence-electron chi connectivity index (χ2n) is 4.66. The van der Waals surface area contributed by atoms with Gasteiger partial charge in [0.15, 0.2) is 0 Å². The van der Waals surface area contributed by atoms with E-state index in [1.807, 2.05) is 11.8 Å². The highest BCUT2D eigenvalue weighted by Crippen LogP contribution is 2.38. The zero-order chi connectivity index (χ0) is 13.1. The van der Waals surface area contributed by atoms with Crippen molar-refractivity contribution in [2.75, 3.05) is 17.7 Å². The number of fused-ring (bicyclic) bond motifs is 1. The summed E-state index contributed by atoms with van der Waals surface area (Å²) in [5.74, 6) is 0.268. The van der Waals surface area contributed by atoms with E-state index in [1.165, 1.54) is 16.1 Å². The summed E-state index contributed by atoms with van der Waals surface area (Å²) in [6.07, 6.45) is 2.02. The predicted molar refractivity (Wildman–Crippen MR) is 75.6 cm³/mol. The fourth-order valence-corrected chi connectivity index (χ4v) is 3.60. The highest BCUT2D eigenvalue weighted by molar-refractivity contribution is 7.99. The Balaban J connectivity index is 2.13. The van der Waals surface area contributed by atoms with E-state index in [9.17, 15) is 4.79 Å². The Morgan fingerprint density at radius 1 is 1.56 bits per heavy atom. The second kappa shape index (κ2) is 5.65. The monoisotopic (exact) mass is 265 g/mol. The molecule has 98 valence electrons. The summed E-state index contributed by atoms with van der Waals surface area (Å²) in [7, 11) is 2.07. The minimum atomic E-state index is -0.708. The van der Waals surface area contributed by atoms with Crippen molar-refractivity contribution in [2.24, 2.45) is 0 Å². The minimum absolute atomic E-state index is 0.248. The van der Waals surface area contributed by atoms with Crippen LogP contribution in [-0.2, 0) is 11.2 Å². The largest absolute Gasteiger partial charge is 0.481 e. The van der Waals surface area contributed by atoms with E-state index >= 15 is 0 Å². The van der Waals surface area contributed by atoms with Crippen LogP contribution in [0.2, 0.25) is 0 Å². The molecule has 0 spiro atoms. The van der Waals surface area contributed by atoms with Crippen molar-refractivity contribution in [1.82, 2.24) is 0 Å². The molecule has 0 aliphatic carbocycles. The Hall–Kier alpha value is -1.16. The molecule has 1 aliphatic rings. The van der Waals surface area contributed by atoms with Crippen LogP contribution in [0.4, 0.5) is 5.69 Å². The standard InChI is InChI=1S/C14H19NO2S/c1-3-10-4-6-12-13(8-10)18-9-11(15(12)2)5-7-14(16)17/h4,6,8,11H,3,5,7,9H2,1-2H3,(H,16,17). The molecule has 1 heterocycles. The molecule has 1 aliphatic heterocycles. The van der Waals surface area contributed by atoms with Crippen LogP contribution in [0.15, 0.2) is 23.1 Å². The van der Waals surface area contributed by atoms with Gasteiger partial charge in [-0.25, -0.2) is 0 Å². The quantitative estimate of drug-likeness (QED) is 0.908. The van der Waals surface area contributed by atoms with Gasteiger partial charge in [-0.3, -0.25) is 4.79 Å². The van der Waals surface area contributed by atoms with Gasteiger partial charge in [0.25, 0.3) is 0 Å². The van der Waals surface area contributed by atoms with Gasteiger partial charge in [-0.15, -0.1) is 11.8 Å². The molecule has 0 amide bonds. The number of carbonyl (C=O) groups is 1. The van der Waals surface area contributed by atoms with Crippen molar-refractivity contribution in [2.45, 2.75) is 37.1 Å². The summed E-state index contributed by atoms with van der Waals surface area (Å²) in [5, 5.41) is 8.77. The average Bonchev–Trinajstić information content (AvgIpc) is 2.37. The van der Waals surface area contributed by atoms with Gasteiger partial charge in [0.2, 0.25) is 0 Å². The molecule has 1 aromatic carbocycles. The molecular formula is C14H19NO2S. The second-order valence-corrected chi connectivity index (χ2v) is 5.73. The molecule has 1 N–H and O–H groups in total. The Bertz CT molecular complexity index is 447. The van der Waals surface area contributed by atoms with Crippen LogP contribution >= 0.6 is 11.8 Å². The number of hydrogen-bond acceptors (Lipinski definition) is 3. The number of benzene rings is 1. The Morgan fingerprint density at radius 2 is 2.33 bits per heavy atom. The molecule has 2 rings (SSSR count). The fourth-order valence-electron chi connectivity index (χ4n) is 2.25. The lowest BCUT2D eigenvalue weighted by Gasteiger charge is -2.35. The third-order valence-electron chi connectivity index (χ3n) is 3.48. The molecular weight excluding hydrogens is 246 g/mol. The first kappa shape index (κ1) is 13.3. The van der Waals surface area contributed by atoms with Crippen molar-refractivity contribution in [3.63, 3.8) is 0 Å². The Morgan fingerprint density at radius 3 is 3.00 bits per heavy atom. The zero-order valence-corrected chi connectivity index (χ0v) is 11.7. The molecule has 18 heavy (non-hydrogen) atoms. The first-order chi connectivity index (χ1) is 8.61. The summed E-state index contributed by atoms with van der Waals surface area (Å²) in [4.78, 5) is 14.2. The molecule has 0 aromatic heterocycles. The van der Waals surface area contributed by atoms with Crippen LogP contribution in [0.1, 0.15) is 25.3 Å². The minimum Gasteiger partial charge on any atom is -0.481 e. The summed E-state index contributed by atoms with van der Waals surface area (Å²) < 4.78 is 0. The van der Waals surface area contributed by atoms with Crippen molar-refractivity contribution < 1.29 is 9.90 Å². The van der Waals surface area contributed by atoms with Gasteiger partial charge in [0.05, 0.1) is 5.69 Å². The lowest BCUT2D eigenvalue weighted by atomic mass is 10.1. The van der Waals surface area contributed by atoms with Crippen LogP contribution in [-0.4, -0.2) is 29.9 Å². The molecule has 3 nitrogen and oxygen atoms in total. The van der Waals surface area contributed by atoms with Gasteiger partial charge in [0.1, 0.15) is 0 Å². The van der Waals surface area contributed by atoms with Crippen molar-refractivity contribution >= 4 is 23.4 Å². The molecule has 1 aromatic rings. The van der Waals surface area contributed by atoms with Crippen LogP contribution in [0, 0.1) is 0 Å². The normalized spacial score (nSPS) is 18.6. The smallest absolute Gasteiger partial charge is 0.303 e. The third-order valence-corrected chi connectivity index (χ3v) is 4.67. The third kappa shape index (κ3) is 2.80. The Kier molecular flexibility index (Phi) is 4.17. The number of carboxylic acid groups (broad SMARTS) is 1. The molecule has 0 saturated carbocycles. The number of thioether (sulfide) groups is 1. The molecule has 0 saturated heterocycles. The maximum absolute atomic E-state index is 10.7. The first-order valence-electron chi connectivity index (χ1n) is 6.32. The van der Waals surface area contributed by atoms with E-state index in [-0.39, 0.29) is 6.42 Å². The average molecular weight is 265 g/mol. The highest BCUT2D eigenvalue weighted by Gasteiger charge is 2.24. The predicted octanol–water partition coefficient (Wildman–Crippen LogP) is 3.02. The number of carboxylic acids is 1. The van der Waals surface area contributed by atoms with Gasteiger partial charge < -0.3 is 10.0 Å². The summed E-state index contributed by atoms with van der Waals surface area (Å²) in [6, 6.07) is 6.90. The number of hydrogen-bond donors (Lipinski definition) is 1. The first-order valence-corrected chi connectivity index (χ1v) is 7.30. The van der Waals surface area contributed by atoms with E-state index in [4.69, 9.17) is 5.11 Å². The lowest BCUT2D eigenvalue weighted by molar-refractivity contribution is -0.137. The van der Waals surface area contributed by atoms with Crippen LogP contribution in [0.25, 0.3) is 0 Å². The number of anilines is 1. The number of rotatable bonds is 4. The van der Waals surface area contributed by atoms with E-state index in [0.29, 0.717) is 12.5 Å². The molecule has 0 bridgehead atoms. The van der Waals surface area contributed by atoms with Gasteiger partial charge >= 0.3 is 5.97 Å². The zero-order valence-electron chi connectivity index (χ0n) is 10.8. The van der Waals surface area contributed by atoms with E-state index in [2.05, 4.69) is 37.1 Å². The summed E-state index contributed by atoms with van der Waals surface area (Å²) in [6.45, 7) is 2.16. The molecule has 1 atom stereocenters. The van der Waals surface area contributed by atoms with Gasteiger partial charge in [-0.2, -0.15) is 0 Å². The molecule has 4 heteroatoms. The van der Waals surface area contributed by atoms with E-state index in [0.717, 1.165) is 12.2 Å². The van der Waals surface area contributed by atoms with Gasteiger partial charge in [-0.1, -0.05) is 13.0 Å². The van der Waals surface area contributed by atoms with Crippen LogP contribution in [0.3, 0.4) is 0 Å². The lowest BCUT2D eigenvalue weighted by Crippen LogP contribution is -2.37. The number of aliphatic carboxylic acids is 1. The highest BCUT2D eigenvalue weighted by atomic mass is 32.2. The topological polar surface area (TPSA) is 40.5 Å². The molecule has 0 radical (unpaired) electrons. The van der Waals surface area contributed by atoms with E-state index < -0.39 is 5.97 Å². The van der Waals surface area contributed by atoms with Crippen LogP contribution < -0.4 is 4.90 Å². The maximum Gasteiger partial charge on any atom is 0.303 e. The van der Waals surface area contributed by atoms with Crippen LogP contribution in [0.5, 0.6) is 0 Å². The van der Waals surface area contributed by atoms with Gasteiger partial charge in [0, 0.05) is 30.2 Å². The SMILES string of the molecule is CCc1ccc2c(c1)SCC(CCC(=O)O)N2C. The maximum atomic E-state index is 10.7. The van der Waals surface area contributed by atoms with Gasteiger partial charge in [-0.05, 0) is 30.5 Å². The van der Waals surface area contributed by atoms with E-state index in [1.54, 1.807) is 0 Å². The molecule has 0 fully saturated rings. The summed E-state index contributed by atoms with van der Waals surface area (Å²) in [5.41, 5.74) is 2.59. The molecule has 1 unspecified atom stereocenters. The number of aryl methyl sites for hydroxylation is 1. The fraction of sp³-hybridized carbons (Fsp3) is 0.500. The van der Waals surface area contributed by atoms with Crippen molar-refractivity contribution in [1.29, 1.82) is 0 Å². The van der Waals surface area contributed by atoms with Crippen molar-refractivity contribution in [3.05, 3.63) is 23.8 Å².